The highest BCUT2D eigenvalue weighted by Gasteiger charge is 2.50. The van der Waals surface area contributed by atoms with E-state index in [-0.39, 0.29) is 12.0 Å². The first-order chi connectivity index (χ1) is 7.45. The van der Waals surface area contributed by atoms with Crippen LogP contribution in [-0.2, 0) is 14.4 Å². The Morgan fingerprint density at radius 1 is 1.44 bits per heavy atom. The molecule has 1 heterocycles. The first-order valence-electron chi connectivity index (χ1n) is 4.84. The van der Waals surface area contributed by atoms with Gasteiger partial charge in [-0.2, -0.15) is 0 Å². The number of likely N-dealkylation sites (tertiary alicyclic amines) is 1. The van der Waals surface area contributed by atoms with E-state index in [0.29, 0.717) is 0 Å². The summed E-state index contributed by atoms with van der Waals surface area (Å²) in [5.74, 6) is -5.61. The lowest BCUT2D eigenvalue weighted by Crippen LogP contribution is -2.45. The van der Waals surface area contributed by atoms with Gasteiger partial charge in [0.05, 0.1) is 11.9 Å². The Hall–Kier alpha value is -1.85. The summed E-state index contributed by atoms with van der Waals surface area (Å²) in [5.41, 5.74) is -0.236. The first kappa shape index (κ1) is 10.7. The first-order valence-corrected chi connectivity index (χ1v) is 4.84. The monoisotopic (exact) mass is 223 g/mol. The minimum Gasteiger partial charge on any atom is -0.550 e. The molecule has 1 saturated heterocycles. The molecule has 0 aromatic heterocycles. The average Bonchev–Trinajstić information content (AvgIpc) is 2.39. The van der Waals surface area contributed by atoms with Crippen molar-refractivity contribution in [2.45, 2.75) is 12.5 Å². The highest BCUT2D eigenvalue weighted by molar-refractivity contribution is 6.00. The molecule has 0 aromatic carbocycles. The normalized spacial score (nSPS) is 32.6. The summed E-state index contributed by atoms with van der Waals surface area (Å²) >= 11 is 0. The molecule has 1 aliphatic carbocycles. The van der Waals surface area contributed by atoms with Gasteiger partial charge in [-0.1, -0.05) is 6.08 Å². The molecule has 1 aliphatic heterocycles. The van der Waals surface area contributed by atoms with Crippen LogP contribution in [-0.4, -0.2) is 35.8 Å². The van der Waals surface area contributed by atoms with Crippen molar-refractivity contribution in [3.63, 3.8) is 0 Å². The van der Waals surface area contributed by atoms with Gasteiger partial charge in [-0.05, 0) is 12.0 Å². The number of carboxylic acid groups (broad SMARTS) is 2. The van der Waals surface area contributed by atoms with Crippen LogP contribution in [0.1, 0.15) is 6.42 Å². The maximum atomic E-state index is 11.7. The average molecular weight is 223 g/mol. The third-order valence-corrected chi connectivity index (χ3v) is 3.31. The van der Waals surface area contributed by atoms with Gasteiger partial charge in [0.25, 0.3) is 0 Å². The van der Waals surface area contributed by atoms with Gasteiger partial charge in [0, 0.05) is 25.0 Å². The predicted octanol–water partition coefficient (Wildman–Crippen LogP) is -3.11. The van der Waals surface area contributed by atoms with Crippen LogP contribution in [0, 0.1) is 11.8 Å². The second-order valence-electron chi connectivity index (χ2n) is 4.02. The van der Waals surface area contributed by atoms with Crippen LogP contribution in [0.3, 0.4) is 0 Å². The van der Waals surface area contributed by atoms with Crippen molar-refractivity contribution in [2.75, 3.05) is 7.05 Å². The number of carbonyl (C=O) groups excluding carboxylic acids is 3. The van der Waals surface area contributed by atoms with Gasteiger partial charge in [0.15, 0.2) is 0 Å². The molecule has 2 rings (SSSR count). The Kier molecular flexibility index (Phi) is 2.22. The molecule has 0 spiro atoms. The van der Waals surface area contributed by atoms with Crippen molar-refractivity contribution in [3.05, 3.63) is 11.6 Å². The molecule has 1 amide bonds. The maximum Gasteiger partial charge on any atom is 0.230 e. The van der Waals surface area contributed by atoms with E-state index in [1.807, 2.05) is 0 Å². The summed E-state index contributed by atoms with van der Waals surface area (Å²) in [7, 11) is 1.47. The third-order valence-electron chi connectivity index (χ3n) is 3.31. The Morgan fingerprint density at radius 2 is 2.06 bits per heavy atom. The van der Waals surface area contributed by atoms with Crippen molar-refractivity contribution >= 4 is 17.8 Å². The molecule has 0 radical (unpaired) electrons. The molecule has 2 aliphatic rings. The topological polar surface area (TPSA) is 101 Å². The quantitative estimate of drug-likeness (QED) is 0.493. The summed E-state index contributed by atoms with van der Waals surface area (Å²) < 4.78 is 0. The van der Waals surface area contributed by atoms with E-state index < -0.39 is 35.7 Å². The van der Waals surface area contributed by atoms with Crippen LogP contribution in [0.5, 0.6) is 0 Å². The smallest absolute Gasteiger partial charge is 0.230 e. The molecule has 0 unspecified atom stereocenters. The fourth-order valence-electron chi connectivity index (χ4n) is 2.51. The number of fused-ring (bicyclic) bond motifs is 2. The Balaban J connectivity index is 2.47. The zero-order valence-electron chi connectivity index (χ0n) is 8.50. The van der Waals surface area contributed by atoms with Crippen LogP contribution >= 0.6 is 0 Å². The van der Waals surface area contributed by atoms with E-state index >= 15 is 0 Å². The lowest BCUT2D eigenvalue weighted by Gasteiger charge is -2.30. The highest BCUT2D eigenvalue weighted by atomic mass is 16.4. The lowest BCUT2D eigenvalue weighted by atomic mass is 9.79. The lowest BCUT2D eigenvalue weighted by molar-refractivity contribution is -0.313. The number of carbonyl (C=O) groups is 3. The Labute approximate surface area is 91.2 Å². The van der Waals surface area contributed by atoms with Crippen molar-refractivity contribution in [2.24, 2.45) is 11.8 Å². The van der Waals surface area contributed by atoms with Gasteiger partial charge in [0.1, 0.15) is 0 Å². The van der Waals surface area contributed by atoms with Crippen molar-refractivity contribution < 1.29 is 24.6 Å². The van der Waals surface area contributed by atoms with Crippen molar-refractivity contribution in [3.8, 4) is 0 Å². The molecule has 6 nitrogen and oxygen atoms in total. The third kappa shape index (κ3) is 1.22. The van der Waals surface area contributed by atoms with Crippen LogP contribution in [0.2, 0.25) is 0 Å². The van der Waals surface area contributed by atoms with Gasteiger partial charge >= 0.3 is 0 Å². The van der Waals surface area contributed by atoms with E-state index in [0.717, 1.165) is 0 Å². The SMILES string of the molecule is CN1C(=O)[C@H]2C(C(=O)[O-])=CC[C@@H]1[C@H]2C(=O)[O-]. The largest absolute Gasteiger partial charge is 0.550 e. The number of hydrogen-bond donors (Lipinski definition) is 0. The molecule has 16 heavy (non-hydrogen) atoms. The molecule has 3 atom stereocenters. The maximum absolute atomic E-state index is 11.7. The van der Waals surface area contributed by atoms with Crippen LogP contribution in [0.4, 0.5) is 0 Å². The van der Waals surface area contributed by atoms with E-state index in [1.54, 1.807) is 0 Å². The number of nitrogens with zero attached hydrogens (tertiary/aromatic N) is 1. The standard InChI is InChI=1S/C10H11NO5/c1-11-5-3-2-4(9(13)14)6(8(11)12)7(5)10(15)16/h2,5-7H,3H2,1H3,(H,13,14)(H,15,16)/p-2/t5-,6+,7-/m1/s1. The van der Waals surface area contributed by atoms with Crippen LogP contribution < -0.4 is 10.2 Å². The van der Waals surface area contributed by atoms with Gasteiger partial charge in [-0.15, -0.1) is 0 Å². The number of carboxylic acids is 2. The Morgan fingerprint density at radius 3 is 2.56 bits per heavy atom. The second-order valence-corrected chi connectivity index (χ2v) is 4.02. The molecule has 2 bridgehead atoms. The van der Waals surface area contributed by atoms with Crippen LogP contribution in [0.25, 0.3) is 0 Å². The fraction of sp³-hybridized carbons (Fsp3) is 0.500. The molecule has 0 N–H and O–H groups in total. The number of amides is 1. The summed E-state index contributed by atoms with van der Waals surface area (Å²) in [6, 6.07) is -0.509. The molecule has 0 aromatic rings. The van der Waals surface area contributed by atoms with Crippen molar-refractivity contribution in [1.82, 2.24) is 4.90 Å². The molecule has 0 saturated carbocycles. The van der Waals surface area contributed by atoms with E-state index in [4.69, 9.17) is 0 Å². The number of aliphatic carboxylic acids is 2. The molecular formula is C10H9NO5-2. The molecule has 6 heteroatoms. The number of hydrogen-bond acceptors (Lipinski definition) is 5. The minimum absolute atomic E-state index is 0.209. The van der Waals surface area contributed by atoms with Gasteiger partial charge in [0.2, 0.25) is 5.91 Å². The van der Waals surface area contributed by atoms with E-state index in [1.165, 1.54) is 18.0 Å². The summed E-state index contributed by atoms with van der Waals surface area (Å²) in [4.78, 5) is 34.7. The summed E-state index contributed by atoms with van der Waals surface area (Å²) in [5, 5.41) is 21.7. The molecule has 1 fully saturated rings. The molecular weight excluding hydrogens is 214 g/mol. The fourth-order valence-corrected chi connectivity index (χ4v) is 2.51. The zero-order chi connectivity index (χ0) is 12.0. The highest BCUT2D eigenvalue weighted by Crippen LogP contribution is 2.40. The van der Waals surface area contributed by atoms with Gasteiger partial charge in [-0.3, -0.25) is 4.79 Å². The Bertz CT molecular complexity index is 413. The second kappa shape index (κ2) is 3.33. The predicted molar refractivity (Wildman–Crippen MR) is 46.3 cm³/mol. The minimum atomic E-state index is -1.49. The van der Waals surface area contributed by atoms with E-state index in [2.05, 4.69) is 0 Å². The van der Waals surface area contributed by atoms with Crippen molar-refractivity contribution in [1.29, 1.82) is 0 Å². The summed E-state index contributed by atoms with van der Waals surface area (Å²) in [6.07, 6.45) is 1.58. The van der Waals surface area contributed by atoms with Gasteiger partial charge < -0.3 is 24.7 Å². The van der Waals surface area contributed by atoms with Gasteiger partial charge in [-0.25, -0.2) is 0 Å². The summed E-state index contributed by atoms with van der Waals surface area (Å²) in [6.45, 7) is 0. The molecule has 86 valence electrons. The zero-order valence-corrected chi connectivity index (χ0v) is 8.50. The number of rotatable bonds is 2. The van der Waals surface area contributed by atoms with Crippen LogP contribution in [0.15, 0.2) is 11.6 Å². The van der Waals surface area contributed by atoms with E-state index in [9.17, 15) is 24.6 Å².